The summed E-state index contributed by atoms with van der Waals surface area (Å²) in [5.74, 6) is 0.858. The van der Waals surface area contributed by atoms with Crippen LogP contribution in [0.15, 0.2) is 24.5 Å². The van der Waals surface area contributed by atoms with Crippen molar-refractivity contribution in [1.82, 2.24) is 9.97 Å². The molecule has 98 valence electrons. The summed E-state index contributed by atoms with van der Waals surface area (Å²) in [6, 6.07) is 3.55. The summed E-state index contributed by atoms with van der Waals surface area (Å²) in [6.07, 6.45) is 3.08. The van der Waals surface area contributed by atoms with E-state index in [-0.39, 0.29) is 4.99 Å². The lowest BCUT2D eigenvalue weighted by molar-refractivity contribution is 0.458. The molecule has 0 saturated carbocycles. The maximum absolute atomic E-state index is 5.86. The monoisotopic (exact) mass is 293 g/mol. The fourth-order valence-corrected chi connectivity index (χ4v) is 2.15. The molecular weight excluding hydrogens is 282 g/mol. The molecule has 2 rings (SSSR count). The van der Waals surface area contributed by atoms with Gasteiger partial charge in [-0.25, -0.2) is 4.98 Å². The second-order valence-corrected chi connectivity index (χ2v) is 4.94. The fourth-order valence-electron chi connectivity index (χ4n) is 1.74. The second-order valence-electron chi connectivity index (χ2n) is 4.07. The Kier molecular flexibility index (Phi) is 3.97. The quantitative estimate of drug-likeness (QED) is 0.881. The number of nitrogens with zero attached hydrogens (tertiary/aromatic N) is 2. The lowest BCUT2D eigenvalue weighted by atomic mass is 10.1. The molecular formula is C13H12ClN3OS. The first kappa shape index (κ1) is 13.7. The van der Waals surface area contributed by atoms with Gasteiger partial charge in [-0.15, -0.1) is 0 Å². The van der Waals surface area contributed by atoms with E-state index in [1.807, 2.05) is 19.9 Å². The number of aromatic nitrogens is 2. The lowest BCUT2D eigenvalue weighted by Gasteiger charge is -2.12. The highest BCUT2D eigenvalue weighted by molar-refractivity contribution is 7.80. The van der Waals surface area contributed by atoms with Crippen LogP contribution in [-0.2, 0) is 0 Å². The minimum absolute atomic E-state index is 0.245. The average Bonchev–Trinajstić information content (AvgIpc) is 2.26. The molecule has 0 fully saturated rings. The van der Waals surface area contributed by atoms with E-state index in [0.29, 0.717) is 22.2 Å². The van der Waals surface area contributed by atoms with Gasteiger partial charge in [-0.05, 0) is 25.5 Å². The van der Waals surface area contributed by atoms with Crippen LogP contribution in [0.2, 0.25) is 5.02 Å². The van der Waals surface area contributed by atoms with E-state index < -0.39 is 0 Å². The molecule has 2 N–H and O–H groups in total. The maximum Gasteiger partial charge on any atom is 0.230 e. The average molecular weight is 294 g/mol. The topological polar surface area (TPSA) is 61.0 Å². The Bertz CT molecular complexity index is 646. The van der Waals surface area contributed by atoms with Gasteiger partial charge in [0.1, 0.15) is 10.7 Å². The molecule has 4 nitrogen and oxygen atoms in total. The lowest BCUT2D eigenvalue weighted by Crippen LogP contribution is -2.14. The number of hydrogen-bond acceptors (Lipinski definition) is 4. The smallest absolute Gasteiger partial charge is 0.230 e. The van der Waals surface area contributed by atoms with Crippen molar-refractivity contribution in [2.75, 3.05) is 0 Å². The molecule has 0 aliphatic heterocycles. The Morgan fingerprint density at radius 2 is 2.05 bits per heavy atom. The highest BCUT2D eigenvalue weighted by Crippen LogP contribution is 2.27. The molecule has 2 aromatic rings. The SMILES string of the molecule is Cc1cc(C)c(C(N)=S)c(Oc2cncc(Cl)c2)n1. The van der Waals surface area contributed by atoms with Crippen LogP contribution in [0.5, 0.6) is 11.6 Å². The van der Waals surface area contributed by atoms with Crippen LogP contribution in [-0.4, -0.2) is 15.0 Å². The van der Waals surface area contributed by atoms with Crippen LogP contribution < -0.4 is 10.5 Å². The molecule has 0 amide bonds. The van der Waals surface area contributed by atoms with Crippen LogP contribution in [0.25, 0.3) is 0 Å². The van der Waals surface area contributed by atoms with Gasteiger partial charge < -0.3 is 10.5 Å². The zero-order valence-electron chi connectivity index (χ0n) is 10.5. The highest BCUT2D eigenvalue weighted by Gasteiger charge is 2.14. The Morgan fingerprint density at radius 1 is 1.32 bits per heavy atom. The summed E-state index contributed by atoms with van der Waals surface area (Å²) in [5, 5.41) is 0.485. The summed E-state index contributed by atoms with van der Waals surface area (Å²) in [5.41, 5.74) is 8.09. The summed E-state index contributed by atoms with van der Waals surface area (Å²) in [4.78, 5) is 8.52. The van der Waals surface area contributed by atoms with Crippen molar-refractivity contribution in [3.8, 4) is 11.6 Å². The number of pyridine rings is 2. The largest absolute Gasteiger partial charge is 0.437 e. The number of ether oxygens (including phenoxy) is 1. The van der Waals surface area contributed by atoms with E-state index in [0.717, 1.165) is 11.3 Å². The van der Waals surface area contributed by atoms with Crippen molar-refractivity contribution in [1.29, 1.82) is 0 Å². The minimum atomic E-state index is 0.245. The molecule has 0 atom stereocenters. The summed E-state index contributed by atoms with van der Waals surface area (Å²) < 4.78 is 5.69. The number of aryl methyl sites for hydroxylation is 2. The fraction of sp³-hybridized carbons (Fsp3) is 0.154. The highest BCUT2D eigenvalue weighted by atomic mass is 35.5. The van der Waals surface area contributed by atoms with Crippen LogP contribution in [0.1, 0.15) is 16.8 Å². The standard InChI is InChI=1S/C13H12ClN3OS/c1-7-3-8(2)17-13(11(7)12(15)19)18-10-4-9(14)5-16-6-10/h3-6H,1-2H3,(H2,15,19). The van der Waals surface area contributed by atoms with E-state index in [9.17, 15) is 0 Å². The van der Waals surface area contributed by atoms with Gasteiger partial charge in [-0.2, -0.15) is 0 Å². The zero-order chi connectivity index (χ0) is 14.0. The first-order valence-electron chi connectivity index (χ1n) is 5.54. The van der Waals surface area contributed by atoms with Gasteiger partial charge in [0.05, 0.1) is 16.8 Å². The normalized spacial score (nSPS) is 10.3. The van der Waals surface area contributed by atoms with Crippen molar-refractivity contribution >= 4 is 28.8 Å². The van der Waals surface area contributed by atoms with Crippen LogP contribution >= 0.6 is 23.8 Å². The van der Waals surface area contributed by atoms with Gasteiger partial charge in [-0.1, -0.05) is 23.8 Å². The first-order chi connectivity index (χ1) is 8.97. The molecule has 0 unspecified atom stereocenters. The third-order valence-corrected chi connectivity index (χ3v) is 2.86. The predicted molar refractivity (Wildman–Crippen MR) is 78.9 cm³/mol. The van der Waals surface area contributed by atoms with Crippen molar-refractivity contribution in [3.63, 3.8) is 0 Å². The molecule has 0 aromatic carbocycles. The minimum Gasteiger partial charge on any atom is -0.437 e. The molecule has 0 spiro atoms. The van der Waals surface area contributed by atoms with Gasteiger partial charge >= 0.3 is 0 Å². The Morgan fingerprint density at radius 3 is 2.68 bits per heavy atom. The van der Waals surface area contributed by atoms with Crippen molar-refractivity contribution in [2.45, 2.75) is 13.8 Å². The van der Waals surface area contributed by atoms with E-state index in [1.54, 1.807) is 12.3 Å². The maximum atomic E-state index is 5.86. The number of thiocarbonyl (C=S) groups is 1. The van der Waals surface area contributed by atoms with Crippen molar-refractivity contribution < 1.29 is 4.74 Å². The summed E-state index contributed by atoms with van der Waals surface area (Å²) in [6.45, 7) is 3.78. The summed E-state index contributed by atoms with van der Waals surface area (Å²) >= 11 is 10.9. The third kappa shape index (κ3) is 3.19. The van der Waals surface area contributed by atoms with E-state index in [4.69, 9.17) is 34.3 Å². The van der Waals surface area contributed by atoms with E-state index >= 15 is 0 Å². The Labute approximate surface area is 121 Å². The Balaban J connectivity index is 2.47. The van der Waals surface area contributed by atoms with Gasteiger partial charge in [0.2, 0.25) is 5.88 Å². The van der Waals surface area contributed by atoms with E-state index in [2.05, 4.69) is 9.97 Å². The predicted octanol–water partition coefficient (Wildman–Crippen LogP) is 3.17. The van der Waals surface area contributed by atoms with Crippen LogP contribution in [0.3, 0.4) is 0 Å². The molecule has 2 aromatic heterocycles. The number of hydrogen-bond donors (Lipinski definition) is 1. The van der Waals surface area contributed by atoms with Gasteiger partial charge in [0.15, 0.2) is 0 Å². The first-order valence-corrected chi connectivity index (χ1v) is 6.32. The van der Waals surface area contributed by atoms with Crippen molar-refractivity contribution in [3.05, 3.63) is 46.4 Å². The van der Waals surface area contributed by atoms with Gasteiger partial charge in [0.25, 0.3) is 0 Å². The number of nitrogens with two attached hydrogens (primary N) is 1. The Hall–Kier alpha value is -1.72. The van der Waals surface area contributed by atoms with Gasteiger partial charge in [0, 0.05) is 18.0 Å². The molecule has 0 radical (unpaired) electrons. The van der Waals surface area contributed by atoms with Gasteiger partial charge in [-0.3, -0.25) is 4.98 Å². The molecule has 0 bridgehead atoms. The molecule has 6 heteroatoms. The molecule has 19 heavy (non-hydrogen) atoms. The van der Waals surface area contributed by atoms with Crippen molar-refractivity contribution in [2.24, 2.45) is 5.73 Å². The summed E-state index contributed by atoms with van der Waals surface area (Å²) in [7, 11) is 0. The molecule has 0 aliphatic carbocycles. The number of halogens is 1. The molecule has 2 heterocycles. The molecule has 0 aliphatic rings. The molecule has 0 saturated heterocycles. The zero-order valence-corrected chi connectivity index (χ0v) is 12.0. The van der Waals surface area contributed by atoms with Crippen LogP contribution in [0, 0.1) is 13.8 Å². The van der Waals surface area contributed by atoms with Crippen LogP contribution in [0.4, 0.5) is 0 Å². The van der Waals surface area contributed by atoms with E-state index in [1.165, 1.54) is 6.20 Å². The number of rotatable bonds is 3. The second kappa shape index (κ2) is 5.50. The third-order valence-electron chi connectivity index (χ3n) is 2.45.